The van der Waals surface area contributed by atoms with E-state index in [9.17, 15) is 0 Å². The van der Waals surface area contributed by atoms with Crippen LogP contribution in [0, 0.1) is 5.92 Å². The second-order valence-electron chi connectivity index (χ2n) is 5.31. The second-order valence-corrected chi connectivity index (χ2v) is 6.46. The maximum atomic E-state index is 5.17. The van der Waals surface area contributed by atoms with E-state index in [2.05, 4.69) is 27.4 Å². The van der Waals surface area contributed by atoms with Crippen molar-refractivity contribution >= 4 is 22.9 Å². The van der Waals surface area contributed by atoms with Gasteiger partial charge in [-0.3, -0.25) is 0 Å². The largest absolute Gasteiger partial charge is 0.385 e. The number of rotatable bonds is 6. The van der Waals surface area contributed by atoms with E-state index in [1.54, 1.807) is 7.11 Å². The fourth-order valence-corrected chi connectivity index (χ4v) is 4.05. The van der Waals surface area contributed by atoms with Crippen LogP contribution in [0.2, 0.25) is 0 Å². The number of pyridine rings is 1. The molecule has 3 rings (SSSR count). The van der Waals surface area contributed by atoms with E-state index in [1.807, 2.05) is 12.3 Å². The summed E-state index contributed by atoms with van der Waals surface area (Å²) in [6.45, 7) is 1.72. The van der Waals surface area contributed by atoms with Gasteiger partial charge in [-0.2, -0.15) is 11.8 Å². The maximum absolute atomic E-state index is 5.17. The van der Waals surface area contributed by atoms with Crippen LogP contribution in [0.1, 0.15) is 18.7 Å². The summed E-state index contributed by atoms with van der Waals surface area (Å²) in [5.74, 6) is 4.54. The number of fused-ring (bicyclic) bond motifs is 1. The van der Waals surface area contributed by atoms with Gasteiger partial charge < -0.3 is 9.30 Å². The van der Waals surface area contributed by atoms with E-state index in [1.165, 1.54) is 23.8 Å². The summed E-state index contributed by atoms with van der Waals surface area (Å²) in [6, 6.07) is 4.02. The van der Waals surface area contributed by atoms with E-state index >= 15 is 0 Å². The van der Waals surface area contributed by atoms with Crippen LogP contribution >= 0.6 is 11.8 Å². The van der Waals surface area contributed by atoms with Crippen molar-refractivity contribution in [1.29, 1.82) is 0 Å². The molecule has 0 bridgehead atoms. The molecule has 0 aromatic carbocycles. The minimum Gasteiger partial charge on any atom is -0.385 e. The van der Waals surface area contributed by atoms with Gasteiger partial charge in [-0.25, -0.2) is 9.97 Å². The molecule has 2 aromatic heterocycles. The lowest BCUT2D eigenvalue weighted by Gasteiger charge is -2.11. The second kappa shape index (κ2) is 6.59. The summed E-state index contributed by atoms with van der Waals surface area (Å²) >= 11 is 2.06. The smallest absolute Gasteiger partial charge is 0.159 e. The molecule has 0 amide bonds. The Bertz CT molecular complexity index is 563. The third kappa shape index (κ3) is 2.99. The van der Waals surface area contributed by atoms with Gasteiger partial charge in [0.2, 0.25) is 0 Å². The zero-order valence-electron chi connectivity index (χ0n) is 11.9. The molecule has 1 fully saturated rings. The standard InChI is InChI=1S/C15H21N3OS/c1-19-8-3-7-18-14(10-12-5-9-20-11-12)17-13-4-2-6-16-15(13)18/h2,4,6,12H,3,5,7-11H2,1H3. The van der Waals surface area contributed by atoms with Crippen molar-refractivity contribution in [3.05, 3.63) is 24.2 Å². The first-order valence-electron chi connectivity index (χ1n) is 7.25. The first-order chi connectivity index (χ1) is 9.88. The zero-order valence-corrected chi connectivity index (χ0v) is 12.7. The number of nitrogens with zero attached hydrogens (tertiary/aromatic N) is 3. The first-order valence-corrected chi connectivity index (χ1v) is 8.41. The zero-order chi connectivity index (χ0) is 13.8. The maximum Gasteiger partial charge on any atom is 0.159 e. The monoisotopic (exact) mass is 291 g/mol. The Morgan fingerprint density at radius 2 is 2.45 bits per heavy atom. The fourth-order valence-electron chi connectivity index (χ4n) is 2.77. The van der Waals surface area contributed by atoms with Crippen molar-refractivity contribution < 1.29 is 4.74 Å². The Morgan fingerprint density at radius 3 is 3.25 bits per heavy atom. The molecule has 2 aromatic rings. The Labute approximate surface area is 123 Å². The van der Waals surface area contributed by atoms with Gasteiger partial charge in [-0.15, -0.1) is 0 Å². The molecule has 0 aliphatic carbocycles. The molecular weight excluding hydrogens is 270 g/mol. The highest BCUT2D eigenvalue weighted by Crippen LogP contribution is 2.27. The molecule has 1 aliphatic rings. The summed E-state index contributed by atoms with van der Waals surface area (Å²) in [6.07, 6.45) is 5.26. The molecule has 1 atom stereocenters. The van der Waals surface area contributed by atoms with E-state index < -0.39 is 0 Å². The molecule has 1 unspecified atom stereocenters. The number of ether oxygens (including phenoxy) is 1. The lowest BCUT2D eigenvalue weighted by Crippen LogP contribution is -2.11. The lowest BCUT2D eigenvalue weighted by molar-refractivity contribution is 0.190. The molecule has 0 radical (unpaired) electrons. The molecule has 1 aliphatic heterocycles. The number of imidazole rings is 1. The molecule has 3 heterocycles. The molecule has 20 heavy (non-hydrogen) atoms. The van der Waals surface area contributed by atoms with Crippen LogP contribution < -0.4 is 0 Å². The highest BCUT2D eigenvalue weighted by atomic mass is 32.2. The minimum atomic E-state index is 0.776. The molecule has 0 N–H and O–H groups in total. The van der Waals surface area contributed by atoms with Gasteiger partial charge in [-0.1, -0.05) is 0 Å². The van der Waals surface area contributed by atoms with Gasteiger partial charge in [0.05, 0.1) is 0 Å². The van der Waals surface area contributed by atoms with Crippen LogP contribution in [0.25, 0.3) is 11.2 Å². The molecule has 108 valence electrons. The number of aromatic nitrogens is 3. The number of hydrogen-bond donors (Lipinski definition) is 0. The van der Waals surface area contributed by atoms with Gasteiger partial charge in [0.15, 0.2) is 5.65 Å². The molecule has 0 saturated carbocycles. The van der Waals surface area contributed by atoms with E-state index in [-0.39, 0.29) is 0 Å². The molecular formula is C15H21N3OS. The topological polar surface area (TPSA) is 39.9 Å². The van der Waals surface area contributed by atoms with Crippen LogP contribution in [0.5, 0.6) is 0 Å². The van der Waals surface area contributed by atoms with Crippen LogP contribution in [0.3, 0.4) is 0 Å². The molecule has 0 spiro atoms. The van der Waals surface area contributed by atoms with Crippen molar-refractivity contribution in [3.63, 3.8) is 0 Å². The van der Waals surface area contributed by atoms with Gasteiger partial charge in [-0.05, 0) is 42.4 Å². The van der Waals surface area contributed by atoms with Crippen molar-refractivity contribution in [2.45, 2.75) is 25.8 Å². The normalized spacial score (nSPS) is 18.9. The highest BCUT2D eigenvalue weighted by Gasteiger charge is 2.20. The van der Waals surface area contributed by atoms with Crippen molar-refractivity contribution in [1.82, 2.24) is 14.5 Å². The average Bonchev–Trinajstić information content (AvgIpc) is 3.08. The molecule has 1 saturated heterocycles. The van der Waals surface area contributed by atoms with Crippen LogP contribution in [-0.4, -0.2) is 39.8 Å². The Hall–Kier alpha value is -1.07. The predicted molar refractivity (Wildman–Crippen MR) is 83.2 cm³/mol. The van der Waals surface area contributed by atoms with E-state index in [0.717, 1.165) is 43.1 Å². The Balaban J connectivity index is 1.85. The first kappa shape index (κ1) is 13.9. The Kier molecular flexibility index (Phi) is 4.58. The van der Waals surface area contributed by atoms with Crippen molar-refractivity contribution in [2.75, 3.05) is 25.2 Å². The molecule has 5 heteroatoms. The summed E-state index contributed by atoms with van der Waals surface area (Å²) in [5.41, 5.74) is 2.04. The van der Waals surface area contributed by atoms with Crippen LogP contribution in [-0.2, 0) is 17.7 Å². The number of hydrogen-bond acceptors (Lipinski definition) is 4. The van der Waals surface area contributed by atoms with Crippen LogP contribution in [0.15, 0.2) is 18.3 Å². The van der Waals surface area contributed by atoms with E-state index in [0.29, 0.717) is 0 Å². The Morgan fingerprint density at radius 1 is 1.50 bits per heavy atom. The third-order valence-corrected chi connectivity index (χ3v) is 5.04. The van der Waals surface area contributed by atoms with E-state index in [4.69, 9.17) is 9.72 Å². The quantitative estimate of drug-likeness (QED) is 0.767. The lowest BCUT2D eigenvalue weighted by atomic mass is 10.1. The van der Waals surface area contributed by atoms with Gasteiger partial charge in [0.1, 0.15) is 11.3 Å². The third-order valence-electron chi connectivity index (χ3n) is 3.81. The van der Waals surface area contributed by atoms with Crippen molar-refractivity contribution in [3.8, 4) is 0 Å². The summed E-state index contributed by atoms with van der Waals surface area (Å²) in [5, 5.41) is 0. The van der Waals surface area contributed by atoms with Gasteiger partial charge in [0, 0.05) is 32.9 Å². The van der Waals surface area contributed by atoms with Crippen molar-refractivity contribution in [2.24, 2.45) is 5.92 Å². The van der Waals surface area contributed by atoms with Gasteiger partial charge in [0.25, 0.3) is 0 Å². The predicted octanol–water partition coefficient (Wildman–Crippen LogP) is 2.76. The minimum absolute atomic E-state index is 0.776. The average molecular weight is 291 g/mol. The number of thioether (sulfide) groups is 1. The molecule has 4 nitrogen and oxygen atoms in total. The SMILES string of the molecule is COCCCn1c(CC2CCSC2)nc2cccnc21. The number of methoxy groups -OCH3 is 1. The van der Waals surface area contributed by atoms with Gasteiger partial charge >= 0.3 is 0 Å². The summed E-state index contributed by atoms with van der Waals surface area (Å²) in [7, 11) is 1.75. The summed E-state index contributed by atoms with van der Waals surface area (Å²) < 4.78 is 7.46. The summed E-state index contributed by atoms with van der Waals surface area (Å²) in [4.78, 5) is 9.31. The number of aryl methyl sites for hydroxylation is 1. The van der Waals surface area contributed by atoms with Crippen LogP contribution in [0.4, 0.5) is 0 Å². The highest BCUT2D eigenvalue weighted by molar-refractivity contribution is 7.99. The fraction of sp³-hybridized carbons (Fsp3) is 0.600.